The molecule has 0 N–H and O–H groups in total. The summed E-state index contributed by atoms with van der Waals surface area (Å²) < 4.78 is 9.96. The summed E-state index contributed by atoms with van der Waals surface area (Å²) in [7, 11) is 1.38. The van der Waals surface area contributed by atoms with Crippen LogP contribution >= 0.6 is 0 Å². The van der Waals surface area contributed by atoms with Crippen molar-refractivity contribution in [1.29, 1.82) is 0 Å². The summed E-state index contributed by atoms with van der Waals surface area (Å²) in [4.78, 5) is 23.0. The van der Waals surface area contributed by atoms with Crippen molar-refractivity contribution in [2.24, 2.45) is 23.7 Å². The Balaban J connectivity index is 1.95. The van der Waals surface area contributed by atoms with E-state index in [9.17, 15) is 9.59 Å². The van der Waals surface area contributed by atoms with Crippen LogP contribution in [0, 0.1) is 23.7 Å². The molecule has 2 aliphatic carbocycles. The van der Waals surface area contributed by atoms with Crippen LogP contribution in [0.2, 0.25) is 0 Å². The summed E-state index contributed by atoms with van der Waals surface area (Å²) in [6.45, 7) is 0. The fraction of sp³-hybridized carbons (Fsp3) is 0.800. The summed E-state index contributed by atoms with van der Waals surface area (Å²) >= 11 is 0. The average molecular weight is 196 g/mol. The van der Waals surface area contributed by atoms with Crippen molar-refractivity contribution < 1.29 is 19.1 Å². The van der Waals surface area contributed by atoms with E-state index in [-0.39, 0.29) is 35.8 Å². The van der Waals surface area contributed by atoms with E-state index in [1.54, 1.807) is 0 Å². The third kappa shape index (κ3) is 0.792. The second-order valence-electron chi connectivity index (χ2n) is 4.45. The lowest BCUT2D eigenvalue weighted by atomic mass is 9.80. The van der Waals surface area contributed by atoms with E-state index in [0.717, 1.165) is 12.8 Å². The Morgan fingerprint density at radius 3 is 3.00 bits per heavy atom. The van der Waals surface area contributed by atoms with E-state index < -0.39 is 0 Å². The van der Waals surface area contributed by atoms with E-state index >= 15 is 0 Å². The fourth-order valence-electron chi connectivity index (χ4n) is 3.46. The lowest BCUT2D eigenvalue weighted by Crippen LogP contribution is -2.32. The Bertz CT molecular complexity index is 309. The van der Waals surface area contributed by atoms with Gasteiger partial charge in [-0.1, -0.05) is 0 Å². The third-order valence-corrected chi connectivity index (χ3v) is 3.96. The molecule has 0 unspecified atom stereocenters. The molecule has 0 aromatic carbocycles. The molecule has 3 aliphatic rings. The highest BCUT2D eigenvalue weighted by Gasteiger charge is 2.64. The van der Waals surface area contributed by atoms with Crippen molar-refractivity contribution in [1.82, 2.24) is 0 Å². The zero-order valence-corrected chi connectivity index (χ0v) is 7.93. The molecule has 4 nitrogen and oxygen atoms in total. The summed E-state index contributed by atoms with van der Waals surface area (Å²) in [5.74, 6) is -0.247. The monoisotopic (exact) mass is 196 g/mol. The summed E-state index contributed by atoms with van der Waals surface area (Å²) in [5.41, 5.74) is 0. The normalized spacial score (nSPS) is 48.1. The van der Waals surface area contributed by atoms with Crippen molar-refractivity contribution in [2.45, 2.75) is 18.9 Å². The maximum atomic E-state index is 11.5. The Labute approximate surface area is 81.6 Å². The van der Waals surface area contributed by atoms with Gasteiger partial charge in [0.1, 0.15) is 6.10 Å². The first kappa shape index (κ1) is 8.26. The topological polar surface area (TPSA) is 52.6 Å². The van der Waals surface area contributed by atoms with E-state index in [4.69, 9.17) is 9.47 Å². The van der Waals surface area contributed by atoms with Gasteiger partial charge >= 0.3 is 11.9 Å². The summed E-state index contributed by atoms with van der Waals surface area (Å²) in [5, 5.41) is 0. The van der Waals surface area contributed by atoms with Gasteiger partial charge in [-0.25, -0.2) is 0 Å². The van der Waals surface area contributed by atoms with Gasteiger partial charge in [-0.2, -0.15) is 0 Å². The second kappa shape index (κ2) is 2.49. The average Bonchev–Trinajstić information content (AvgIpc) is 2.75. The molecule has 3 fully saturated rings. The van der Waals surface area contributed by atoms with Crippen LogP contribution in [0.15, 0.2) is 0 Å². The van der Waals surface area contributed by atoms with Crippen molar-refractivity contribution in [3.05, 3.63) is 0 Å². The zero-order valence-electron chi connectivity index (χ0n) is 7.93. The number of carbonyl (C=O) groups is 2. The molecule has 0 aromatic heterocycles. The SMILES string of the molecule is COC(=O)[C@H]1[C@@H]2C[C@@H]3[C@@H]1C(=O)O[C@@H]3C2. The number of carbonyl (C=O) groups excluding carboxylic acids is 2. The van der Waals surface area contributed by atoms with Gasteiger partial charge in [0.15, 0.2) is 0 Å². The minimum atomic E-state index is -0.236. The van der Waals surface area contributed by atoms with Gasteiger partial charge in [-0.15, -0.1) is 0 Å². The Hall–Kier alpha value is -1.06. The molecule has 0 spiro atoms. The third-order valence-electron chi connectivity index (χ3n) is 3.96. The van der Waals surface area contributed by atoms with Crippen LogP contribution < -0.4 is 0 Å². The molecule has 4 heteroatoms. The maximum absolute atomic E-state index is 11.5. The Morgan fingerprint density at radius 1 is 1.50 bits per heavy atom. The Morgan fingerprint density at radius 2 is 2.29 bits per heavy atom. The number of hydrogen-bond donors (Lipinski definition) is 0. The van der Waals surface area contributed by atoms with Gasteiger partial charge in [0, 0.05) is 5.92 Å². The first-order chi connectivity index (χ1) is 6.72. The van der Waals surface area contributed by atoms with Gasteiger partial charge < -0.3 is 9.47 Å². The Kier molecular flexibility index (Phi) is 1.47. The molecule has 0 radical (unpaired) electrons. The van der Waals surface area contributed by atoms with Crippen LogP contribution in [0.25, 0.3) is 0 Å². The molecule has 2 saturated carbocycles. The van der Waals surface area contributed by atoms with Crippen molar-refractivity contribution in [3.8, 4) is 0 Å². The zero-order chi connectivity index (χ0) is 9.87. The van der Waals surface area contributed by atoms with Crippen LogP contribution in [0.3, 0.4) is 0 Å². The highest BCUT2D eigenvalue weighted by Crippen LogP contribution is 2.57. The predicted octanol–water partition coefficient (Wildman–Crippen LogP) is 0.357. The van der Waals surface area contributed by atoms with Crippen LogP contribution in [0.5, 0.6) is 0 Å². The van der Waals surface area contributed by atoms with Gasteiger partial charge in [0.2, 0.25) is 0 Å². The lowest BCUT2D eigenvalue weighted by Gasteiger charge is -2.21. The largest absolute Gasteiger partial charge is 0.469 e. The second-order valence-corrected chi connectivity index (χ2v) is 4.45. The lowest BCUT2D eigenvalue weighted by molar-refractivity contribution is -0.153. The number of ether oxygens (including phenoxy) is 2. The molecule has 14 heavy (non-hydrogen) atoms. The number of fused-ring (bicyclic) bond motifs is 1. The van der Waals surface area contributed by atoms with Crippen molar-refractivity contribution in [2.75, 3.05) is 7.11 Å². The number of methoxy groups -OCH3 is 1. The van der Waals surface area contributed by atoms with Crippen LogP contribution in [0.4, 0.5) is 0 Å². The number of hydrogen-bond acceptors (Lipinski definition) is 4. The maximum Gasteiger partial charge on any atom is 0.310 e. The first-order valence-corrected chi connectivity index (χ1v) is 5.00. The molecule has 1 heterocycles. The minimum absolute atomic E-state index is 0.0957. The van der Waals surface area contributed by atoms with Crippen molar-refractivity contribution in [3.63, 3.8) is 0 Å². The molecule has 1 aliphatic heterocycles. The van der Waals surface area contributed by atoms with Gasteiger partial charge in [0.05, 0.1) is 18.9 Å². The molecule has 5 atom stereocenters. The first-order valence-electron chi connectivity index (χ1n) is 5.00. The molecular formula is C10H12O4. The molecule has 0 aromatic rings. The molecule has 0 amide bonds. The highest BCUT2D eigenvalue weighted by atomic mass is 16.6. The van der Waals surface area contributed by atoms with Gasteiger partial charge in [-0.3, -0.25) is 9.59 Å². The highest BCUT2D eigenvalue weighted by molar-refractivity contribution is 5.85. The van der Waals surface area contributed by atoms with E-state index in [1.165, 1.54) is 7.11 Å². The molecule has 76 valence electrons. The standard InChI is InChI=1S/C10H12O4/c1-13-9(11)7-4-2-5-6(3-4)14-10(12)8(5)7/h4-8H,2-3H2,1H3/t4-,5+,6-,7+,8+/m1/s1. The molecular weight excluding hydrogens is 184 g/mol. The van der Waals surface area contributed by atoms with E-state index in [0.29, 0.717) is 5.92 Å². The summed E-state index contributed by atoms with van der Waals surface area (Å²) in [6, 6.07) is 0. The smallest absolute Gasteiger partial charge is 0.310 e. The van der Waals surface area contributed by atoms with Crippen LogP contribution in [0.1, 0.15) is 12.8 Å². The van der Waals surface area contributed by atoms with Crippen molar-refractivity contribution >= 4 is 11.9 Å². The number of rotatable bonds is 1. The fourth-order valence-corrected chi connectivity index (χ4v) is 3.46. The predicted molar refractivity (Wildman–Crippen MR) is 45.1 cm³/mol. The quantitative estimate of drug-likeness (QED) is 0.568. The number of esters is 2. The minimum Gasteiger partial charge on any atom is -0.469 e. The van der Waals surface area contributed by atoms with Gasteiger partial charge in [0.25, 0.3) is 0 Å². The van der Waals surface area contributed by atoms with Gasteiger partial charge in [-0.05, 0) is 18.8 Å². The molecule has 1 saturated heterocycles. The van der Waals surface area contributed by atoms with E-state index in [1.807, 2.05) is 0 Å². The van der Waals surface area contributed by atoms with Crippen LogP contribution in [-0.2, 0) is 19.1 Å². The summed E-state index contributed by atoms with van der Waals surface area (Å²) in [6.07, 6.45) is 1.91. The van der Waals surface area contributed by atoms with Crippen LogP contribution in [-0.4, -0.2) is 25.2 Å². The molecule has 3 rings (SSSR count). The molecule has 2 bridgehead atoms. The van der Waals surface area contributed by atoms with E-state index in [2.05, 4.69) is 0 Å².